The molecule has 0 bridgehead atoms. The van der Waals surface area contributed by atoms with E-state index in [0.717, 1.165) is 5.56 Å². The first kappa shape index (κ1) is 15.9. The van der Waals surface area contributed by atoms with Gasteiger partial charge in [-0.1, -0.05) is 0 Å². The summed E-state index contributed by atoms with van der Waals surface area (Å²) in [5, 5.41) is 27.7. The van der Waals surface area contributed by atoms with Crippen LogP contribution in [0.1, 0.15) is 11.1 Å². The summed E-state index contributed by atoms with van der Waals surface area (Å²) < 4.78 is 1.70. The first-order chi connectivity index (χ1) is 10.5. The lowest BCUT2D eigenvalue weighted by molar-refractivity contribution is -0.384. The fourth-order valence-corrected chi connectivity index (χ4v) is 2.26. The van der Waals surface area contributed by atoms with Gasteiger partial charge in [-0.2, -0.15) is 5.10 Å². The highest BCUT2D eigenvalue weighted by atomic mass is 16.6. The molecule has 0 aliphatic rings. The lowest BCUT2D eigenvalue weighted by Gasteiger charge is -2.15. The van der Waals surface area contributed by atoms with E-state index in [9.17, 15) is 15.2 Å². The Morgan fingerprint density at radius 2 is 2.32 bits per heavy atom. The van der Waals surface area contributed by atoms with Gasteiger partial charge in [-0.05, 0) is 25.0 Å². The number of pyridine rings is 1. The molecular weight excluding hydrogens is 286 g/mol. The predicted molar refractivity (Wildman–Crippen MR) is 81.6 cm³/mol. The Bertz CT molecular complexity index is 656. The summed E-state index contributed by atoms with van der Waals surface area (Å²) in [6.45, 7) is 2.04. The van der Waals surface area contributed by atoms with Crippen molar-refractivity contribution in [1.82, 2.24) is 14.8 Å². The summed E-state index contributed by atoms with van der Waals surface area (Å²) in [4.78, 5) is 14.7. The van der Waals surface area contributed by atoms with Crippen LogP contribution in [0.3, 0.4) is 0 Å². The van der Waals surface area contributed by atoms with E-state index in [1.54, 1.807) is 23.9 Å². The molecule has 8 heteroatoms. The Morgan fingerprint density at radius 3 is 2.91 bits per heavy atom. The Labute approximate surface area is 128 Å². The number of nitro groups is 1. The first-order valence-electron chi connectivity index (χ1n) is 6.93. The maximum Gasteiger partial charge on any atom is 0.314 e. The standard InChI is InChI=1S/C14H19N5O3/c1-10-3-4-15-14(13(10)19(21)22)16-6-12(9-20)5-11-7-17-18(2)8-11/h3-4,7-8,12,20H,5-6,9H2,1-2H3,(H,15,16)/t12-/m1/s1. The quantitative estimate of drug-likeness (QED) is 0.590. The Morgan fingerprint density at radius 1 is 1.55 bits per heavy atom. The molecule has 2 N–H and O–H groups in total. The molecule has 0 aromatic carbocycles. The molecule has 0 saturated heterocycles. The molecule has 0 radical (unpaired) electrons. The zero-order chi connectivity index (χ0) is 16.1. The molecule has 22 heavy (non-hydrogen) atoms. The van der Waals surface area contributed by atoms with Gasteiger partial charge in [0.15, 0.2) is 0 Å². The molecule has 0 unspecified atom stereocenters. The highest BCUT2D eigenvalue weighted by Gasteiger charge is 2.19. The van der Waals surface area contributed by atoms with Crippen molar-refractivity contribution < 1.29 is 10.0 Å². The highest BCUT2D eigenvalue weighted by Crippen LogP contribution is 2.25. The van der Waals surface area contributed by atoms with Crippen LogP contribution in [0.2, 0.25) is 0 Å². The monoisotopic (exact) mass is 305 g/mol. The summed E-state index contributed by atoms with van der Waals surface area (Å²) in [7, 11) is 1.83. The molecule has 2 aromatic rings. The van der Waals surface area contributed by atoms with E-state index in [4.69, 9.17) is 0 Å². The Hall–Kier alpha value is -2.48. The van der Waals surface area contributed by atoms with Gasteiger partial charge in [0.1, 0.15) is 0 Å². The van der Waals surface area contributed by atoms with Crippen molar-refractivity contribution in [2.24, 2.45) is 13.0 Å². The minimum Gasteiger partial charge on any atom is -0.396 e. The van der Waals surface area contributed by atoms with Crippen LogP contribution in [0.15, 0.2) is 24.7 Å². The largest absolute Gasteiger partial charge is 0.396 e. The molecule has 118 valence electrons. The van der Waals surface area contributed by atoms with Gasteiger partial charge in [-0.15, -0.1) is 0 Å². The van der Waals surface area contributed by atoms with E-state index in [1.165, 1.54) is 6.20 Å². The number of hydrogen-bond acceptors (Lipinski definition) is 6. The lowest BCUT2D eigenvalue weighted by atomic mass is 10.0. The maximum absolute atomic E-state index is 11.1. The molecular formula is C14H19N5O3. The van der Waals surface area contributed by atoms with Crippen LogP contribution in [-0.4, -0.2) is 37.9 Å². The van der Waals surface area contributed by atoms with Crippen molar-refractivity contribution in [3.63, 3.8) is 0 Å². The molecule has 1 atom stereocenters. The molecule has 0 spiro atoms. The van der Waals surface area contributed by atoms with Gasteiger partial charge in [0.05, 0.1) is 11.1 Å². The van der Waals surface area contributed by atoms with Crippen molar-refractivity contribution >= 4 is 11.5 Å². The Kier molecular flexibility index (Phi) is 5.05. The second-order valence-corrected chi connectivity index (χ2v) is 5.24. The number of rotatable bonds is 7. The van der Waals surface area contributed by atoms with Gasteiger partial charge in [0.2, 0.25) is 5.82 Å². The number of aliphatic hydroxyl groups excluding tert-OH is 1. The molecule has 2 heterocycles. The number of nitrogens with zero attached hydrogens (tertiary/aromatic N) is 4. The maximum atomic E-state index is 11.1. The van der Waals surface area contributed by atoms with Crippen LogP contribution in [0.25, 0.3) is 0 Å². The molecule has 0 aliphatic carbocycles. The number of nitrogens with one attached hydrogen (secondary N) is 1. The van der Waals surface area contributed by atoms with Crippen molar-refractivity contribution in [3.05, 3.63) is 45.9 Å². The van der Waals surface area contributed by atoms with E-state index >= 15 is 0 Å². The molecule has 0 fully saturated rings. The predicted octanol–water partition coefficient (Wildman–Crippen LogP) is 1.29. The Balaban J connectivity index is 2.04. The fraction of sp³-hybridized carbons (Fsp3) is 0.429. The van der Waals surface area contributed by atoms with Crippen molar-refractivity contribution in [3.8, 4) is 0 Å². The number of aliphatic hydroxyl groups is 1. The summed E-state index contributed by atoms with van der Waals surface area (Å²) in [6, 6.07) is 1.60. The van der Waals surface area contributed by atoms with Gasteiger partial charge < -0.3 is 10.4 Å². The summed E-state index contributed by atoms with van der Waals surface area (Å²) in [6.07, 6.45) is 5.79. The zero-order valence-electron chi connectivity index (χ0n) is 12.6. The van der Waals surface area contributed by atoms with Crippen molar-refractivity contribution in [2.75, 3.05) is 18.5 Å². The van der Waals surface area contributed by atoms with Crippen LogP contribution in [0.4, 0.5) is 11.5 Å². The third-order valence-electron chi connectivity index (χ3n) is 3.41. The van der Waals surface area contributed by atoms with E-state index in [1.807, 2.05) is 13.2 Å². The number of aromatic nitrogens is 3. The second kappa shape index (κ2) is 6.99. The number of aryl methyl sites for hydroxylation is 2. The highest BCUT2D eigenvalue weighted by molar-refractivity contribution is 5.59. The number of hydrogen-bond donors (Lipinski definition) is 2. The molecule has 2 aromatic heterocycles. The van der Waals surface area contributed by atoms with Crippen LogP contribution in [-0.2, 0) is 13.5 Å². The van der Waals surface area contributed by atoms with Crippen LogP contribution >= 0.6 is 0 Å². The minimum absolute atomic E-state index is 0.0263. The smallest absolute Gasteiger partial charge is 0.314 e. The second-order valence-electron chi connectivity index (χ2n) is 5.24. The van der Waals surface area contributed by atoms with Crippen LogP contribution in [0, 0.1) is 23.0 Å². The van der Waals surface area contributed by atoms with Gasteiger partial charge in [0.25, 0.3) is 0 Å². The fourth-order valence-electron chi connectivity index (χ4n) is 2.26. The molecule has 0 aliphatic heterocycles. The molecule has 0 amide bonds. The van der Waals surface area contributed by atoms with Crippen LogP contribution in [0.5, 0.6) is 0 Å². The van der Waals surface area contributed by atoms with Gasteiger partial charge in [-0.25, -0.2) is 4.98 Å². The van der Waals surface area contributed by atoms with Gasteiger partial charge >= 0.3 is 5.69 Å². The SMILES string of the molecule is Cc1ccnc(NC[C@H](CO)Cc2cnn(C)c2)c1[N+](=O)[O-]. The average molecular weight is 305 g/mol. The normalized spacial score (nSPS) is 12.1. The molecule has 2 rings (SSSR count). The summed E-state index contributed by atoms with van der Waals surface area (Å²) >= 11 is 0. The van der Waals surface area contributed by atoms with E-state index in [0.29, 0.717) is 18.5 Å². The third kappa shape index (κ3) is 3.79. The topological polar surface area (TPSA) is 106 Å². The van der Waals surface area contributed by atoms with Crippen LogP contribution < -0.4 is 5.32 Å². The minimum atomic E-state index is -0.445. The van der Waals surface area contributed by atoms with E-state index in [2.05, 4.69) is 15.4 Å². The van der Waals surface area contributed by atoms with Crippen molar-refractivity contribution in [2.45, 2.75) is 13.3 Å². The van der Waals surface area contributed by atoms with Crippen molar-refractivity contribution in [1.29, 1.82) is 0 Å². The average Bonchev–Trinajstić information content (AvgIpc) is 2.88. The lowest BCUT2D eigenvalue weighted by Crippen LogP contribution is -2.21. The third-order valence-corrected chi connectivity index (χ3v) is 3.41. The number of anilines is 1. The summed E-state index contributed by atoms with van der Waals surface area (Å²) in [5.74, 6) is 0.153. The van der Waals surface area contributed by atoms with Gasteiger partial charge in [-0.3, -0.25) is 14.8 Å². The van der Waals surface area contributed by atoms with E-state index < -0.39 is 4.92 Å². The molecule has 0 saturated carbocycles. The summed E-state index contributed by atoms with van der Waals surface area (Å²) in [5.41, 5.74) is 1.53. The first-order valence-corrected chi connectivity index (χ1v) is 6.93. The zero-order valence-corrected chi connectivity index (χ0v) is 12.6. The van der Waals surface area contributed by atoms with Gasteiger partial charge in [0, 0.05) is 44.1 Å². The molecule has 8 nitrogen and oxygen atoms in total. The van der Waals surface area contributed by atoms with E-state index in [-0.39, 0.29) is 24.0 Å².